The minimum absolute atomic E-state index is 0.186. The van der Waals surface area contributed by atoms with Crippen LogP contribution in [0.2, 0.25) is 0 Å². The predicted octanol–water partition coefficient (Wildman–Crippen LogP) is 2.14. The molecule has 0 spiro atoms. The Bertz CT molecular complexity index is 662. The van der Waals surface area contributed by atoms with Crippen LogP contribution in [0.4, 0.5) is 5.82 Å². The van der Waals surface area contributed by atoms with Gasteiger partial charge in [-0.15, -0.1) is 0 Å². The van der Waals surface area contributed by atoms with E-state index in [4.69, 9.17) is 10.5 Å². The predicted molar refractivity (Wildman–Crippen MR) is 70.0 cm³/mol. The molecule has 0 aliphatic heterocycles. The van der Waals surface area contributed by atoms with Crippen molar-refractivity contribution in [3.63, 3.8) is 0 Å². The number of nitriles is 2. The van der Waals surface area contributed by atoms with E-state index in [0.717, 1.165) is 5.56 Å². The lowest BCUT2D eigenvalue weighted by Gasteiger charge is -2.07. The third kappa shape index (κ3) is 3.05. The Morgan fingerprint density at radius 1 is 1.16 bits per heavy atom. The van der Waals surface area contributed by atoms with Gasteiger partial charge in [0.15, 0.2) is 17.2 Å². The van der Waals surface area contributed by atoms with E-state index in [-0.39, 0.29) is 11.4 Å². The molecule has 1 aromatic carbocycles. The summed E-state index contributed by atoms with van der Waals surface area (Å²) in [6.07, 6.45) is 1.29. The molecular weight excluding hydrogens is 238 g/mol. The van der Waals surface area contributed by atoms with Gasteiger partial charge in [0.05, 0.1) is 6.20 Å². The molecule has 0 fully saturated rings. The first-order valence-corrected chi connectivity index (χ1v) is 5.69. The second-order valence-corrected chi connectivity index (χ2v) is 4.02. The van der Waals surface area contributed by atoms with Gasteiger partial charge in [-0.3, -0.25) is 0 Å². The standard InChI is InChI=1S/C14H11N5/c1-10-2-4-11(5-3-10)8-18-14-13(7-16)17-9-12(6-15)19-14/h2-5,9H,8H2,1H3,(H,18,19). The number of anilines is 1. The highest BCUT2D eigenvalue weighted by atomic mass is 15.0. The van der Waals surface area contributed by atoms with Gasteiger partial charge in [0.25, 0.3) is 0 Å². The van der Waals surface area contributed by atoms with Crippen LogP contribution < -0.4 is 5.32 Å². The highest BCUT2D eigenvalue weighted by Crippen LogP contribution is 2.11. The van der Waals surface area contributed by atoms with E-state index in [9.17, 15) is 0 Å². The van der Waals surface area contributed by atoms with E-state index in [1.165, 1.54) is 11.8 Å². The van der Waals surface area contributed by atoms with Crippen molar-refractivity contribution in [2.75, 3.05) is 5.32 Å². The second-order valence-electron chi connectivity index (χ2n) is 4.02. The molecule has 2 rings (SSSR count). The molecular formula is C14H11N5. The van der Waals surface area contributed by atoms with Crippen LogP contribution in [0, 0.1) is 29.6 Å². The van der Waals surface area contributed by atoms with Gasteiger partial charge in [-0.2, -0.15) is 10.5 Å². The van der Waals surface area contributed by atoms with E-state index < -0.39 is 0 Å². The van der Waals surface area contributed by atoms with Gasteiger partial charge in [0, 0.05) is 6.54 Å². The summed E-state index contributed by atoms with van der Waals surface area (Å²) in [6, 6.07) is 11.9. The average molecular weight is 249 g/mol. The zero-order valence-corrected chi connectivity index (χ0v) is 10.4. The molecule has 5 heteroatoms. The normalized spacial score (nSPS) is 9.42. The average Bonchev–Trinajstić information content (AvgIpc) is 2.46. The minimum Gasteiger partial charge on any atom is -0.364 e. The highest BCUT2D eigenvalue weighted by molar-refractivity contribution is 5.49. The Morgan fingerprint density at radius 2 is 1.89 bits per heavy atom. The number of aryl methyl sites for hydroxylation is 1. The van der Waals surface area contributed by atoms with Crippen molar-refractivity contribution in [2.45, 2.75) is 13.5 Å². The van der Waals surface area contributed by atoms with Crippen molar-refractivity contribution < 1.29 is 0 Å². The van der Waals surface area contributed by atoms with Crippen molar-refractivity contribution in [3.05, 3.63) is 53.0 Å². The summed E-state index contributed by atoms with van der Waals surface area (Å²) in [5.41, 5.74) is 2.63. The van der Waals surface area contributed by atoms with E-state index >= 15 is 0 Å². The first-order chi connectivity index (χ1) is 9.22. The number of nitrogens with zero attached hydrogens (tertiary/aromatic N) is 4. The Morgan fingerprint density at radius 3 is 2.53 bits per heavy atom. The molecule has 0 atom stereocenters. The molecule has 2 aromatic rings. The summed E-state index contributed by atoms with van der Waals surface area (Å²) in [5.74, 6) is 0.335. The van der Waals surface area contributed by atoms with Crippen LogP contribution in [-0.4, -0.2) is 9.97 Å². The van der Waals surface area contributed by atoms with Gasteiger partial charge in [0.2, 0.25) is 0 Å². The smallest absolute Gasteiger partial charge is 0.183 e. The fraction of sp³-hybridized carbons (Fsp3) is 0.143. The molecule has 0 amide bonds. The molecule has 1 heterocycles. The summed E-state index contributed by atoms with van der Waals surface area (Å²) < 4.78 is 0. The summed E-state index contributed by atoms with van der Waals surface area (Å²) in [4.78, 5) is 7.92. The van der Waals surface area contributed by atoms with Gasteiger partial charge >= 0.3 is 0 Å². The van der Waals surface area contributed by atoms with Crippen molar-refractivity contribution >= 4 is 5.82 Å². The van der Waals surface area contributed by atoms with Crippen LogP contribution in [0.25, 0.3) is 0 Å². The fourth-order valence-electron chi connectivity index (χ4n) is 1.54. The van der Waals surface area contributed by atoms with Crippen LogP contribution in [0.15, 0.2) is 30.5 Å². The molecule has 0 unspecified atom stereocenters. The topological polar surface area (TPSA) is 85.4 Å². The summed E-state index contributed by atoms with van der Waals surface area (Å²) in [5, 5.41) is 20.7. The van der Waals surface area contributed by atoms with E-state index in [1.54, 1.807) is 0 Å². The fourth-order valence-corrected chi connectivity index (χ4v) is 1.54. The summed E-state index contributed by atoms with van der Waals surface area (Å²) in [6.45, 7) is 2.55. The highest BCUT2D eigenvalue weighted by Gasteiger charge is 2.06. The van der Waals surface area contributed by atoms with E-state index in [1.807, 2.05) is 43.3 Å². The molecule has 5 nitrogen and oxygen atoms in total. The number of nitrogens with one attached hydrogen (secondary N) is 1. The Labute approximate surface area is 111 Å². The Balaban J connectivity index is 2.17. The van der Waals surface area contributed by atoms with Crippen molar-refractivity contribution in [3.8, 4) is 12.1 Å². The molecule has 92 valence electrons. The molecule has 1 aromatic heterocycles. The first-order valence-electron chi connectivity index (χ1n) is 5.69. The molecule has 0 aliphatic rings. The zero-order valence-electron chi connectivity index (χ0n) is 10.4. The zero-order chi connectivity index (χ0) is 13.7. The van der Waals surface area contributed by atoms with Crippen molar-refractivity contribution in [2.24, 2.45) is 0 Å². The summed E-state index contributed by atoms with van der Waals surface area (Å²) >= 11 is 0. The van der Waals surface area contributed by atoms with Crippen molar-refractivity contribution in [1.82, 2.24) is 9.97 Å². The molecule has 0 saturated carbocycles. The van der Waals surface area contributed by atoms with Gasteiger partial charge in [-0.25, -0.2) is 9.97 Å². The number of aromatic nitrogens is 2. The lowest BCUT2D eigenvalue weighted by Crippen LogP contribution is -2.06. The molecule has 0 radical (unpaired) electrons. The molecule has 0 aliphatic carbocycles. The van der Waals surface area contributed by atoms with Crippen LogP contribution in [0.1, 0.15) is 22.5 Å². The van der Waals surface area contributed by atoms with Crippen LogP contribution in [0.3, 0.4) is 0 Å². The van der Waals surface area contributed by atoms with Gasteiger partial charge in [-0.1, -0.05) is 29.8 Å². The number of hydrogen-bond acceptors (Lipinski definition) is 5. The maximum Gasteiger partial charge on any atom is 0.183 e. The Kier molecular flexibility index (Phi) is 3.70. The third-order valence-corrected chi connectivity index (χ3v) is 2.57. The van der Waals surface area contributed by atoms with Gasteiger partial charge in [0.1, 0.15) is 12.1 Å². The maximum absolute atomic E-state index is 8.94. The number of hydrogen-bond donors (Lipinski definition) is 1. The molecule has 19 heavy (non-hydrogen) atoms. The van der Waals surface area contributed by atoms with Crippen molar-refractivity contribution in [1.29, 1.82) is 10.5 Å². The van der Waals surface area contributed by atoms with Gasteiger partial charge < -0.3 is 5.32 Å². The minimum atomic E-state index is 0.186. The summed E-state index contributed by atoms with van der Waals surface area (Å²) in [7, 11) is 0. The largest absolute Gasteiger partial charge is 0.364 e. The van der Waals surface area contributed by atoms with Crippen LogP contribution in [0.5, 0.6) is 0 Å². The van der Waals surface area contributed by atoms with Crippen LogP contribution in [-0.2, 0) is 6.54 Å². The molecule has 0 bridgehead atoms. The third-order valence-electron chi connectivity index (χ3n) is 2.57. The van der Waals surface area contributed by atoms with Gasteiger partial charge in [-0.05, 0) is 12.5 Å². The van der Waals surface area contributed by atoms with E-state index in [0.29, 0.717) is 12.4 Å². The molecule has 0 saturated heterocycles. The monoisotopic (exact) mass is 249 g/mol. The van der Waals surface area contributed by atoms with Crippen LogP contribution >= 0.6 is 0 Å². The SMILES string of the molecule is Cc1ccc(CNc2nc(C#N)cnc2C#N)cc1. The van der Waals surface area contributed by atoms with E-state index in [2.05, 4.69) is 15.3 Å². The number of benzene rings is 1. The number of rotatable bonds is 3. The second kappa shape index (κ2) is 5.61. The Hall–Kier alpha value is -2.92. The molecule has 1 N–H and O–H groups in total. The maximum atomic E-state index is 8.94. The lowest BCUT2D eigenvalue weighted by molar-refractivity contribution is 1.06. The first kappa shape index (κ1) is 12.5. The quantitative estimate of drug-likeness (QED) is 0.900. The lowest BCUT2D eigenvalue weighted by atomic mass is 10.1.